The molecular weight excluding hydrogens is 380 g/mol. The Morgan fingerprint density at radius 3 is 2.90 bits per heavy atom. The van der Waals surface area contributed by atoms with Crippen molar-refractivity contribution < 1.29 is 19.4 Å². The second kappa shape index (κ2) is 7.12. The van der Waals surface area contributed by atoms with E-state index in [1.165, 1.54) is 0 Å². The fourth-order valence-corrected chi connectivity index (χ4v) is 5.86. The molecule has 2 saturated heterocycles. The molecule has 2 bridgehead atoms. The van der Waals surface area contributed by atoms with Crippen LogP contribution in [0, 0.1) is 17.8 Å². The highest BCUT2D eigenvalue weighted by Gasteiger charge is 2.67. The molecule has 1 spiro atoms. The van der Waals surface area contributed by atoms with Gasteiger partial charge >= 0.3 is 0 Å². The van der Waals surface area contributed by atoms with E-state index in [-0.39, 0.29) is 17.9 Å². The molecule has 1 N–H and O–H groups in total. The van der Waals surface area contributed by atoms with Crippen LogP contribution in [0.25, 0.3) is 0 Å². The van der Waals surface area contributed by atoms with E-state index >= 15 is 0 Å². The molecule has 0 aliphatic carbocycles. The molecule has 6 heteroatoms. The summed E-state index contributed by atoms with van der Waals surface area (Å²) in [5.41, 5.74) is 1.27. The van der Waals surface area contributed by atoms with Gasteiger partial charge in [-0.3, -0.25) is 9.59 Å². The first-order valence-corrected chi connectivity index (χ1v) is 11.2. The molecule has 4 heterocycles. The number of nitrogens with zero attached hydrogens (tertiary/aromatic N) is 2. The second-order valence-corrected chi connectivity index (χ2v) is 9.23. The van der Waals surface area contributed by atoms with E-state index < -0.39 is 17.4 Å². The van der Waals surface area contributed by atoms with Gasteiger partial charge in [-0.2, -0.15) is 0 Å². The minimum absolute atomic E-state index is 0.00273. The van der Waals surface area contributed by atoms with Crippen molar-refractivity contribution in [2.45, 2.75) is 51.4 Å². The molecule has 2 fully saturated rings. The molecule has 4 aliphatic heterocycles. The van der Waals surface area contributed by atoms with Crippen molar-refractivity contribution in [3.05, 3.63) is 41.5 Å². The third-order valence-electron chi connectivity index (χ3n) is 7.65. The van der Waals surface area contributed by atoms with Crippen molar-refractivity contribution in [3.63, 3.8) is 0 Å². The van der Waals surface area contributed by atoms with Crippen LogP contribution < -0.4 is 0 Å². The molecule has 30 heavy (non-hydrogen) atoms. The number of amides is 2. The quantitative estimate of drug-likeness (QED) is 0.758. The lowest BCUT2D eigenvalue weighted by Gasteiger charge is -2.34. The lowest BCUT2D eigenvalue weighted by molar-refractivity contribution is -0.144. The Hall–Kier alpha value is -2.34. The summed E-state index contributed by atoms with van der Waals surface area (Å²) in [7, 11) is 0. The van der Waals surface area contributed by atoms with Gasteiger partial charge in [0.1, 0.15) is 11.4 Å². The van der Waals surface area contributed by atoms with E-state index in [2.05, 4.69) is 13.8 Å². The molecule has 1 aromatic rings. The largest absolute Gasteiger partial charge is 0.508 e. The number of hydrogen-bond donors (Lipinski definition) is 1. The van der Waals surface area contributed by atoms with Gasteiger partial charge in [-0.15, -0.1) is 0 Å². The molecular formula is C24H30N2O4. The number of phenolic OH excluding ortho intramolecular Hbond substituents is 1. The Morgan fingerprint density at radius 2 is 2.13 bits per heavy atom. The number of phenols is 1. The maximum Gasteiger partial charge on any atom is 0.230 e. The Morgan fingerprint density at radius 1 is 1.33 bits per heavy atom. The number of ether oxygens (including phenoxy) is 1. The molecule has 1 aromatic carbocycles. The van der Waals surface area contributed by atoms with E-state index in [1.807, 2.05) is 34.1 Å². The molecule has 4 aliphatic rings. The van der Waals surface area contributed by atoms with Gasteiger partial charge in [-0.05, 0) is 24.0 Å². The first-order chi connectivity index (χ1) is 14.5. The molecule has 0 radical (unpaired) electrons. The molecule has 160 valence electrons. The van der Waals surface area contributed by atoms with Crippen LogP contribution in [0.3, 0.4) is 0 Å². The Kier molecular flexibility index (Phi) is 4.65. The second-order valence-electron chi connectivity index (χ2n) is 9.23. The van der Waals surface area contributed by atoms with Crippen molar-refractivity contribution >= 4 is 11.8 Å². The van der Waals surface area contributed by atoms with Gasteiger partial charge in [0, 0.05) is 25.2 Å². The standard InChI is InChI=1S/C24H30N2O4/c1-3-15(4-2)12-26-14-24-10-8-19(30-24)20(21(24)23(26)29)22(28)25-11-9-17-16(13-25)6-5-7-18(17)27/h5-8,10,15,19-21,27H,3-4,9,11-14H2,1-2H3/t19-,20+,21+,24-/m0/s1. The van der Waals surface area contributed by atoms with Crippen LogP contribution >= 0.6 is 0 Å². The van der Waals surface area contributed by atoms with Gasteiger partial charge in [0.2, 0.25) is 11.8 Å². The van der Waals surface area contributed by atoms with Crippen LogP contribution in [-0.4, -0.2) is 58.1 Å². The average Bonchev–Trinajstić information content (AvgIpc) is 3.39. The fraction of sp³-hybridized carbons (Fsp3) is 0.583. The molecule has 2 amide bonds. The molecule has 0 aromatic heterocycles. The smallest absolute Gasteiger partial charge is 0.230 e. The third kappa shape index (κ3) is 2.80. The lowest BCUT2D eigenvalue weighted by Crippen LogP contribution is -2.47. The van der Waals surface area contributed by atoms with Crippen LogP contribution in [0.4, 0.5) is 0 Å². The number of carbonyl (C=O) groups excluding carboxylic acids is 2. The van der Waals surface area contributed by atoms with Crippen LogP contribution in [0.1, 0.15) is 37.8 Å². The first kappa shape index (κ1) is 19.6. The lowest BCUT2D eigenvalue weighted by atomic mass is 9.76. The van der Waals surface area contributed by atoms with Gasteiger partial charge in [0.05, 0.1) is 24.5 Å². The van der Waals surface area contributed by atoms with Gasteiger partial charge in [-0.25, -0.2) is 0 Å². The minimum Gasteiger partial charge on any atom is -0.508 e. The molecule has 5 rings (SSSR count). The van der Waals surface area contributed by atoms with E-state index in [4.69, 9.17) is 4.74 Å². The van der Waals surface area contributed by atoms with Crippen molar-refractivity contribution in [2.24, 2.45) is 17.8 Å². The highest BCUT2D eigenvalue weighted by molar-refractivity contribution is 5.93. The number of aromatic hydroxyl groups is 1. The van der Waals surface area contributed by atoms with Crippen molar-refractivity contribution in [1.29, 1.82) is 0 Å². The predicted molar refractivity (Wildman–Crippen MR) is 112 cm³/mol. The molecule has 0 saturated carbocycles. The molecule has 6 nitrogen and oxygen atoms in total. The van der Waals surface area contributed by atoms with Crippen LogP contribution in [0.5, 0.6) is 5.75 Å². The van der Waals surface area contributed by atoms with E-state index in [9.17, 15) is 14.7 Å². The number of benzene rings is 1. The summed E-state index contributed by atoms with van der Waals surface area (Å²) in [6, 6.07) is 5.47. The molecule has 4 atom stereocenters. The van der Waals surface area contributed by atoms with Crippen LogP contribution in [0.2, 0.25) is 0 Å². The number of rotatable bonds is 5. The highest BCUT2D eigenvalue weighted by atomic mass is 16.5. The molecule has 0 unspecified atom stereocenters. The predicted octanol–water partition coefficient (Wildman–Crippen LogP) is 2.50. The number of carbonyl (C=O) groups is 2. The van der Waals surface area contributed by atoms with E-state index in [1.54, 1.807) is 6.07 Å². The van der Waals surface area contributed by atoms with Crippen LogP contribution in [-0.2, 0) is 27.3 Å². The Balaban J connectivity index is 1.37. The SMILES string of the molecule is CCC(CC)CN1C[C@]23C=C[C@H](O2)[C@@H](C(=O)N2CCc4c(O)cccc4C2)[C@@H]3C1=O. The van der Waals surface area contributed by atoms with Gasteiger partial charge in [0.25, 0.3) is 0 Å². The zero-order valence-corrected chi connectivity index (χ0v) is 17.7. The third-order valence-corrected chi connectivity index (χ3v) is 7.65. The van der Waals surface area contributed by atoms with Crippen LogP contribution in [0.15, 0.2) is 30.4 Å². The Bertz CT molecular complexity index is 908. The summed E-state index contributed by atoms with van der Waals surface area (Å²) in [4.78, 5) is 30.7. The number of hydrogen-bond acceptors (Lipinski definition) is 4. The normalized spacial score (nSPS) is 31.6. The number of fused-ring (bicyclic) bond motifs is 2. The highest BCUT2D eigenvalue weighted by Crippen LogP contribution is 2.52. The minimum atomic E-state index is -0.639. The monoisotopic (exact) mass is 410 g/mol. The summed E-state index contributed by atoms with van der Waals surface area (Å²) in [5, 5.41) is 10.1. The van der Waals surface area contributed by atoms with Crippen molar-refractivity contribution in [3.8, 4) is 5.75 Å². The van der Waals surface area contributed by atoms with Crippen molar-refractivity contribution in [1.82, 2.24) is 9.80 Å². The van der Waals surface area contributed by atoms with Gasteiger partial charge in [0.15, 0.2) is 0 Å². The van der Waals surface area contributed by atoms with Gasteiger partial charge in [-0.1, -0.05) is 51.0 Å². The topological polar surface area (TPSA) is 70.1 Å². The number of likely N-dealkylation sites (tertiary alicyclic amines) is 1. The first-order valence-electron chi connectivity index (χ1n) is 11.2. The average molecular weight is 411 g/mol. The van der Waals surface area contributed by atoms with Gasteiger partial charge < -0.3 is 19.6 Å². The van der Waals surface area contributed by atoms with E-state index in [0.717, 1.165) is 30.5 Å². The summed E-state index contributed by atoms with van der Waals surface area (Å²) in [5.74, 6) is -0.0170. The zero-order valence-electron chi connectivity index (χ0n) is 17.7. The fourth-order valence-electron chi connectivity index (χ4n) is 5.86. The summed E-state index contributed by atoms with van der Waals surface area (Å²) in [6.45, 7) is 6.65. The summed E-state index contributed by atoms with van der Waals surface area (Å²) < 4.78 is 6.29. The van der Waals surface area contributed by atoms with Crippen molar-refractivity contribution in [2.75, 3.05) is 19.6 Å². The maximum absolute atomic E-state index is 13.6. The Labute approximate surface area is 177 Å². The van der Waals surface area contributed by atoms with E-state index in [0.29, 0.717) is 37.7 Å². The maximum atomic E-state index is 13.6. The summed E-state index contributed by atoms with van der Waals surface area (Å²) >= 11 is 0. The summed E-state index contributed by atoms with van der Waals surface area (Å²) in [6.07, 6.45) is 6.41. The zero-order chi connectivity index (χ0) is 21.0.